The summed E-state index contributed by atoms with van der Waals surface area (Å²) in [6.07, 6.45) is 0. The molecule has 3 aromatic rings. The lowest BCUT2D eigenvalue weighted by atomic mass is 10.1. The van der Waals surface area contributed by atoms with Gasteiger partial charge >= 0.3 is 0 Å². The highest BCUT2D eigenvalue weighted by molar-refractivity contribution is 7.92. The van der Waals surface area contributed by atoms with E-state index >= 15 is 0 Å². The van der Waals surface area contributed by atoms with Gasteiger partial charge in [0.15, 0.2) is 0 Å². The van der Waals surface area contributed by atoms with Crippen LogP contribution in [0.1, 0.15) is 27.0 Å². The van der Waals surface area contributed by atoms with Crippen LogP contribution in [0, 0.1) is 19.7 Å². The van der Waals surface area contributed by atoms with Gasteiger partial charge in [0.1, 0.15) is 5.82 Å². The molecule has 0 aliphatic carbocycles. The Morgan fingerprint density at radius 3 is 2.33 bits per heavy atom. The fraction of sp³-hybridized carbons (Fsp3) is 0.174. The van der Waals surface area contributed by atoms with Crippen molar-refractivity contribution < 1.29 is 17.6 Å². The first kappa shape index (κ1) is 21.5. The van der Waals surface area contributed by atoms with Crippen molar-refractivity contribution in [3.8, 4) is 0 Å². The highest BCUT2D eigenvalue weighted by Gasteiger charge is 2.18. The number of amides is 1. The summed E-state index contributed by atoms with van der Waals surface area (Å²) in [6.45, 7) is 3.73. The van der Waals surface area contributed by atoms with E-state index in [-0.39, 0.29) is 23.2 Å². The number of nitrogens with one attached hydrogen (secondary N) is 1. The lowest BCUT2D eigenvalue weighted by Gasteiger charge is -2.19. The number of hydrogen-bond donors (Lipinski definition) is 1. The molecule has 0 heterocycles. The van der Waals surface area contributed by atoms with Crippen molar-refractivity contribution in [2.75, 3.05) is 11.8 Å². The summed E-state index contributed by atoms with van der Waals surface area (Å²) in [7, 11) is -2.22. The van der Waals surface area contributed by atoms with Gasteiger partial charge in [0.05, 0.1) is 10.6 Å². The number of anilines is 1. The van der Waals surface area contributed by atoms with Crippen molar-refractivity contribution in [3.05, 3.63) is 94.8 Å². The highest BCUT2D eigenvalue weighted by atomic mass is 32.2. The summed E-state index contributed by atoms with van der Waals surface area (Å²) in [4.78, 5) is 14.4. The first-order valence-electron chi connectivity index (χ1n) is 9.36. The Morgan fingerprint density at radius 2 is 1.67 bits per heavy atom. The average molecular weight is 427 g/mol. The zero-order valence-corrected chi connectivity index (χ0v) is 17.8. The molecule has 0 unspecified atom stereocenters. The molecule has 7 heteroatoms. The molecule has 3 aromatic carbocycles. The third kappa shape index (κ3) is 4.86. The maximum Gasteiger partial charge on any atom is 0.261 e. The lowest BCUT2D eigenvalue weighted by molar-refractivity contribution is 0.0784. The van der Waals surface area contributed by atoms with Crippen molar-refractivity contribution in [3.63, 3.8) is 0 Å². The number of carbonyl (C=O) groups is 1. The van der Waals surface area contributed by atoms with Crippen LogP contribution in [-0.2, 0) is 16.6 Å². The van der Waals surface area contributed by atoms with E-state index in [1.807, 2.05) is 6.92 Å². The Bertz CT molecular complexity index is 1180. The largest absolute Gasteiger partial charge is 0.337 e. The zero-order valence-electron chi connectivity index (χ0n) is 17.0. The van der Waals surface area contributed by atoms with Crippen LogP contribution in [0.2, 0.25) is 0 Å². The van der Waals surface area contributed by atoms with E-state index in [1.165, 1.54) is 29.2 Å². The molecule has 0 fully saturated rings. The summed E-state index contributed by atoms with van der Waals surface area (Å²) in [6, 6.07) is 17.6. The maximum absolute atomic E-state index is 13.9. The predicted molar refractivity (Wildman–Crippen MR) is 115 cm³/mol. The van der Waals surface area contributed by atoms with E-state index in [0.29, 0.717) is 22.4 Å². The molecule has 3 rings (SSSR count). The summed E-state index contributed by atoms with van der Waals surface area (Å²) >= 11 is 0. The van der Waals surface area contributed by atoms with Gasteiger partial charge in [-0.05, 0) is 49.7 Å². The van der Waals surface area contributed by atoms with Crippen molar-refractivity contribution in [1.82, 2.24) is 4.90 Å². The quantitative estimate of drug-likeness (QED) is 0.630. The van der Waals surface area contributed by atoms with Crippen LogP contribution in [0.25, 0.3) is 0 Å². The van der Waals surface area contributed by atoms with Crippen molar-refractivity contribution in [2.24, 2.45) is 0 Å². The summed E-state index contributed by atoms with van der Waals surface area (Å²) in [5.74, 6) is -0.721. The molecule has 0 bridgehead atoms. The second-order valence-electron chi connectivity index (χ2n) is 7.20. The number of hydrogen-bond acceptors (Lipinski definition) is 3. The van der Waals surface area contributed by atoms with Crippen molar-refractivity contribution in [1.29, 1.82) is 0 Å². The van der Waals surface area contributed by atoms with Crippen molar-refractivity contribution >= 4 is 21.6 Å². The number of benzene rings is 3. The number of halogens is 1. The van der Waals surface area contributed by atoms with E-state index in [9.17, 15) is 17.6 Å². The monoisotopic (exact) mass is 426 g/mol. The first-order valence-corrected chi connectivity index (χ1v) is 10.8. The smallest absolute Gasteiger partial charge is 0.261 e. The van der Waals surface area contributed by atoms with E-state index in [0.717, 1.165) is 5.56 Å². The fourth-order valence-corrected chi connectivity index (χ4v) is 4.08. The topological polar surface area (TPSA) is 66.5 Å². The minimum Gasteiger partial charge on any atom is -0.337 e. The molecule has 1 amide bonds. The third-order valence-electron chi connectivity index (χ3n) is 4.77. The first-order chi connectivity index (χ1) is 14.2. The van der Waals surface area contributed by atoms with Crippen LogP contribution < -0.4 is 4.72 Å². The van der Waals surface area contributed by atoms with Crippen LogP contribution in [-0.4, -0.2) is 26.3 Å². The van der Waals surface area contributed by atoms with Gasteiger partial charge in [0.2, 0.25) is 0 Å². The fourth-order valence-electron chi connectivity index (χ4n) is 2.96. The molecule has 0 aliphatic heterocycles. The van der Waals surface area contributed by atoms with Gasteiger partial charge in [-0.2, -0.15) is 0 Å². The van der Waals surface area contributed by atoms with E-state index in [2.05, 4.69) is 4.72 Å². The van der Waals surface area contributed by atoms with Crippen LogP contribution >= 0.6 is 0 Å². The van der Waals surface area contributed by atoms with Gasteiger partial charge in [0, 0.05) is 24.7 Å². The molecule has 0 aromatic heterocycles. The molecule has 5 nitrogen and oxygen atoms in total. The number of rotatable bonds is 6. The van der Waals surface area contributed by atoms with E-state index in [4.69, 9.17) is 0 Å². The van der Waals surface area contributed by atoms with Gasteiger partial charge in [0.25, 0.3) is 15.9 Å². The molecule has 0 spiro atoms. The van der Waals surface area contributed by atoms with Crippen LogP contribution in [0.5, 0.6) is 0 Å². The zero-order chi connectivity index (χ0) is 21.9. The minimum atomic E-state index is -3.79. The van der Waals surface area contributed by atoms with Crippen LogP contribution in [0.3, 0.4) is 0 Å². The average Bonchev–Trinajstić information content (AvgIpc) is 2.71. The van der Waals surface area contributed by atoms with E-state index < -0.39 is 10.0 Å². The van der Waals surface area contributed by atoms with Gasteiger partial charge in [-0.1, -0.05) is 42.0 Å². The van der Waals surface area contributed by atoms with Gasteiger partial charge in [-0.3, -0.25) is 9.52 Å². The van der Waals surface area contributed by atoms with Gasteiger partial charge in [-0.25, -0.2) is 12.8 Å². The Labute approximate surface area is 176 Å². The number of carbonyl (C=O) groups excluding carboxylic acids is 1. The molecule has 30 heavy (non-hydrogen) atoms. The third-order valence-corrected chi connectivity index (χ3v) is 6.15. The lowest BCUT2D eigenvalue weighted by Crippen LogP contribution is -2.27. The molecule has 156 valence electrons. The Hall–Kier alpha value is -3.19. The standard InChI is InChI=1S/C23H23FN2O3S/c1-16-8-12-20(13-9-16)30(28,29)25-22-14-18(11-10-17(22)2)23(27)26(3)15-19-6-4-5-7-21(19)24/h4-14,25H,15H2,1-3H3. The Morgan fingerprint density at radius 1 is 1.00 bits per heavy atom. The number of nitrogens with zero attached hydrogens (tertiary/aromatic N) is 1. The van der Waals surface area contributed by atoms with E-state index in [1.54, 1.807) is 56.4 Å². The predicted octanol–water partition coefficient (Wildman–Crippen LogP) is 4.52. The SMILES string of the molecule is Cc1ccc(S(=O)(=O)Nc2cc(C(=O)N(C)Cc3ccccc3F)ccc2C)cc1. The second-order valence-corrected chi connectivity index (χ2v) is 8.88. The molecule has 0 atom stereocenters. The van der Waals surface area contributed by atoms with Gasteiger partial charge < -0.3 is 4.90 Å². The van der Waals surface area contributed by atoms with Crippen LogP contribution in [0.15, 0.2) is 71.6 Å². The summed E-state index contributed by atoms with van der Waals surface area (Å²) < 4.78 is 41.9. The maximum atomic E-state index is 13.9. The Balaban J connectivity index is 1.83. The van der Waals surface area contributed by atoms with Crippen LogP contribution in [0.4, 0.5) is 10.1 Å². The number of aryl methyl sites for hydroxylation is 2. The summed E-state index contributed by atoms with van der Waals surface area (Å²) in [5.41, 5.74) is 2.66. The highest BCUT2D eigenvalue weighted by Crippen LogP contribution is 2.23. The minimum absolute atomic E-state index is 0.101. The Kier molecular flexibility index (Phi) is 6.22. The normalized spacial score (nSPS) is 11.2. The molecule has 1 N–H and O–H groups in total. The molecule has 0 saturated carbocycles. The molecular formula is C23H23FN2O3S. The number of sulfonamides is 1. The molecule has 0 radical (unpaired) electrons. The molecule has 0 aliphatic rings. The molecule has 0 saturated heterocycles. The summed E-state index contributed by atoms with van der Waals surface area (Å²) in [5, 5.41) is 0. The van der Waals surface area contributed by atoms with Crippen molar-refractivity contribution in [2.45, 2.75) is 25.3 Å². The second kappa shape index (κ2) is 8.67. The van der Waals surface area contributed by atoms with Gasteiger partial charge in [-0.15, -0.1) is 0 Å². The molecular weight excluding hydrogens is 403 g/mol.